The average Bonchev–Trinajstić information content (AvgIpc) is 2.83. The largest absolute Gasteiger partial charge is 0.301 e. The second-order valence-electron chi connectivity index (χ2n) is 5.31. The highest BCUT2D eigenvalue weighted by molar-refractivity contribution is 7.99. The lowest BCUT2D eigenvalue weighted by atomic mass is 10.2. The molecule has 0 N–H and O–H groups in total. The third kappa shape index (κ3) is 5.06. The highest BCUT2D eigenvalue weighted by Crippen LogP contribution is 2.14. The van der Waals surface area contributed by atoms with E-state index in [-0.39, 0.29) is 0 Å². The molecule has 3 nitrogen and oxygen atoms in total. The zero-order chi connectivity index (χ0) is 13.7. The van der Waals surface area contributed by atoms with Crippen molar-refractivity contribution in [2.24, 2.45) is 0 Å². The summed E-state index contributed by atoms with van der Waals surface area (Å²) in [4.78, 5) is 9.69. The summed E-state index contributed by atoms with van der Waals surface area (Å²) in [6, 6.07) is 0. The van der Waals surface area contributed by atoms with E-state index in [1.54, 1.807) is 11.3 Å². The molecule has 1 saturated heterocycles. The van der Waals surface area contributed by atoms with E-state index in [9.17, 15) is 0 Å². The minimum absolute atomic E-state index is 0.788. The molecule has 1 unspecified atom stereocenters. The van der Waals surface area contributed by atoms with Crippen LogP contribution in [0.2, 0.25) is 0 Å². The summed E-state index contributed by atoms with van der Waals surface area (Å²) < 4.78 is 0. The van der Waals surface area contributed by atoms with Gasteiger partial charge in [-0.1, -0.05) is 6.92 Å². The molecule has 5 heteroatoms. The van der Waals surface area contributed by atoms with E-state index in [4.69, 9.17) is 0 Å². The molecular formula is C14H25N3S2. The standard InChI is InChI=1S/C14H25N3S2/c1-12(18-3)4-5-16-6-8-17(9-7-16)10-14-11-19-13(2)15-14/h11-12H,4-10H2,1-3H3. The van der Waals surface area contributed by atoms with Crippen LogP contribution in [-0.4, -0.2) is 59.0 Å². The monoisotopic (exact) mass is 299 g/mol. The van der Waals surface area contributed by atoms with Crippen LogP contribution < -0.4 is 0 Å². The maximum atomic E-state index is 4.55. The minimum Gasteiger partial charge on any atom is -0.301 e. The van der Waals surface area contributed by atoms with Gasteiger partial charge < -0.3 is 4.90 Å². The first-order chi connectivity index (χ1) is 9.17. The fourth-order valence-corrected chi connectivity index (χ4v) is 3.31. The average molecular weight is 300 g/mol. The summed E-state index contributed by atoms with van der Waals surface area (Å²) in [5.74, 6) is 0. The molecule has 0 bridgehead atoms. The van der Waals surface area contributed by atoms with Crippen molar-refractivity contribution in [2.75, 3.05) is 39.0 Å². The van der Waals surface area contributed by atoms with Crippen molar-refractivity contribution in [3.05, 3.63) is 16.1 Å². The van der Waals surface area contributed by atoms with Gasteiger partial charge in [-0.15, -0.1) is 11.3 Å². The predicted octanol–water partition coefficient (Wildman–Crippen LogP) is 2.71. The van der Waals surface area contributed by atoms with Crippen molar-refractivity contribution >= 4 is 23.1 Å². The zero-order valence-corrected chi connectivity index (χ0v) is 13.9. The van der Waals surface area contributed by atoms with Gasteiger partial charge >= 0.3 is 0 Å². The summed E-state index contributed by atoms with van der Waals surface area (Å²) in [6.07, 6.45) is 3.52. The van der Waals surface area contributed by atoms with Crippen LogP contribution in [0.25, 0.3) is 0 Å². The van der Waals surface area contributed by atoms with Gasteiger partial charge in [0.15, 0.2) is 0 Å². The van der Waals surface area contributed by atoms with Gasteiger partial charge in [0, 0.05) is 43.4 Å². The molecule has 1 aliphatic heterocycles. The first kappa shape index (κ1) is 15.3. The van der Waals surface area contributed by atoms with E-state index in [1.807, 2.05) is 11.8 Å². The molecule has 0 saturated carbocycles. The van der Waals surface area contributed by atoms with Crippen molar-refractivity contribution in [1.29, 1.82) is 0 Å². The Morgan fingerprint density at radius 3 is 2.58 bits per heavy atom. The molecule has 0 amide bonds. The first-order valence-corrected chi connectivity index (χ1v) is 9.22. The van der Waals surface area contributed by atoms with Crippen molar-refractivity contribution in [2.45, 2.75) is 32.1 Å². The number of aromatic nitrogens is 1. The second-order valence-corrected chi connectivity index (χ2v) is 7.65. The minimum atomic E-state index is 0.788. The highest BCUT2D eigenvalue weighted by Gasteiger charge is 2.17. The molecule has 0 aromatic carbocycles. The van der Waals surface area contributed by atoms with Crippen LogP contribution in [-0.2, 0) is 6.54 Å². The maximum Gasteiger partial charge on any atom is 0.0897 e. The number of hydrogen-bond acceptors (Lipinski definition) is 5. The first-order valence-electron chi connectivity index (χ1n) is 7.06. The Labute approximate surface area is 125 Å². The lowest BCUT2D eigenvalue weighted by Crippen LogP contribution is -2.46. The molecule has 108 valence electrons. The summed E-state index contributed by atoms with van der Waals surface area (Å²) in [5, 5.41) is 4.16. The van der Waals surface area contributed by atoms with Crippen LogP contribution >= 0.6 is 23.1 Å². The molecule has 0 spiro atoms. The van der Waals surface area contributed by atoms with Crippen LogP contribution in [0.5, 0.6) is 0 Å². The molecule has 19 heavy (non-hydrogen) atoms. The van der Waals surface area contributed by atoms with E-state index >= 15 is 0 Å². The Kier molecular flexibility index (Phi) is 6.13. The molecule has 2 rings (SSSR count). The number of hydrogen-bond donors (Lipinski definition) is 0. The van der Waals surface area contributed by atoms with E-state index in [1.165, 1.54) is 49.8 Å². The quantitative estimate of drug-likeness (QED) is 0.804. The van der Waals surface area contributed by atoms with Crippen molar-refractivity contribution in [3.8, 4) is 0 Å². The number of nitrogens with zero attached hydrogens (tertiary/aromatic N) is 3. The Hall–Kier alpha value is -0.100. The lowest BCUT2D eigenvalue weighted by molar-refractivity contribution is 0.125. The molecule has 1 aromatic rings. The van der Waals surface area contributed by atoms with Gasteiger partial charge in [-0.3, -0.25) is 4.90 Å². The van der Waals surface area contributed by atoms with E-state index in [2.05, 4.69) is 40.3 Å². The normalized spacial score (nSPS) is 19.7. The van der Waals surface area contributed by atoms with Crippen LogP contribution in [0.3, 0.4) is 0 Å². The molecule has 1 fully saturated rings. The van der Waals surface area contributed by atoms with Gasteiger partial charge in [0.05, 0.1) is 10.7 Å². The molecule has 1 aromatic heterocycles. The summed E-state index contributed by atoms with van der Waals surface area (Å²) in [6.45, 7) is 11.5. The number of rotatable bonds is 6. The van der Waals surface area contributed by atoms with Crippen LogP contribution in [0.4, 0.5) is 0 Å². The van der Waals surface area contributed by atoms with Crippen molar-refractivity contribution in [1.82, 2.24) is 14.8 Å². The summed E-state index contributed by atoms with van der Waals surface area (Å²) in [7, 11) is 0. The number of aryl methyl sites for hydroxylation is 1. The van der Waals surface area contributed by atoms with E-state index < -0.39 is 0 Å². The lowest BCUT2D eigenvalue weighted by Gasteiger charge is -2.34. The SMILES string of the molecule is CSC(C)CCN1CCN(Cc2csc(C)n2)CC1. The molecule has 1 aliphatic rings. The van der Waals surface area contributed by atoms with Crippen LogP contribution in [0, 0.1) is 6.92 Å². The van der Waals surface area contributed by atoms with Gasteiger partial charge in [0.25, 0.3) is 0 Å². The fraction of sp³-hybridized carbons (Fsp3) is 0.786. The smallest absolute Gasteiger partial charge is 0.0897 e. The molecule has 1 atom stereocenters. The molecule has 0 aliphatic carbocycles. The number of thiazole rings is 1. The third-order valence-electron chi connectivity index (χ3n) is 3.77. The Bertz CT molecular complexity index is 373. The van der Waals surface area contributed by atoms with E-state index in [0.29, 0.717) is 0 Å². The Balaban J connectivity index is 1.67. The van der Waals surface area contributed by atoms with Crippen molar-refractivity contribution in [3.63, 3.8) is 0 Å². The second kappa shape index (κ2) is 7.62. The van der Waals surface area contributed by atoms with Gasteiger partial charge in [-0.2, -0.15) is 11.8 Å². The fourth-order valence-electron chi connectivity index (χ4n) is 2.36. The maximum absolute atomic E-state index is 4.55. The van der Waals surface area contributed by atoms with Gasteiger partial charge in [-0.05, 0) is 26.1 Å². The highest BCUT2D eigenvalue weighted by atomic mass is 32.2. The zero-order valence-electron chi connectivity index (χ0n) is 12.3. The number of piperazine rings is 1. The molecule has 0 radical (unpaired) electrons. The predicted molar refractivity (Wildman–Crippen MR) is 86.2 cm³/mol. The summed E-state index contributed by atoms with van der Waals surface area (Å²) in [5.41, 5.74) is 1.24. The number of thioether (sulfide) groups is 1. The van der Waals surface area contributed by atoms with Gasteiger partial charge in [-0.25, -0.2) is 4.98 Å². The third-order valence-corrected chi connectivity index (χ3v) is 5.63. The molecule has 2 heterocycles. The van der Waals surface area contributed by atoms with Crippen molar-refractivity contribution < 1.29 is 0 Å². The van der Waals surface area contributed by atoms with Crippen LogP contribution in [0.15, 0.2) is 5.38 Å². The Morgan fingerprint density at radius 2 is 2.00 bits per heavy atom. The topological polar surface area (TPSA) is 19.4 Å². The summed E-state index contributed by atoms with van der Waals surface area (Å²) >= 11 is 3.73. The van der Waals surface area contributed by atoms with Gasteiger partial charge in [0.2, 0.25) is 0 Å². The van der Waals surface area contributed by atoms with E-state index in [0.717, 1.165) is 11.8 Å². The molecular weight excluding hydrogens is 274 g/mol. The van der Waals surface area contributed by atoms with Gasteiger partial charge in [0.1, 0.15) is 0 Å². The Morgan fingerprint density at radius 1 is 1.32 bits per heavy atom. The van der Waals surface area contributed by atoms with Crippen LogP contribution in [0.1, 0.15) is 24.0 Å².